The maximum atomic E-state index is 15.2. The van der Waals surface area contributed by atoms with Crippen molar-refractivity contribution >= 4 is 23.4 Å². The molecule has 0 aromatic heterocycles. The number of amides is 1. The number of oxime groups is 1. The van der Waals surface area contributed by atoms with E-state index in [2.05, 4.69) is 44.0 Å². The number of carbonyl (C=O) groups excluding carboxylic acids is 1. The van der Waals surface area contributed by atoms with E-state index in [0.29, 0.717) is 60.8 Å². The average Bonchev–Trinajstić information content (AvgIpc) is 3.80. The SMILES string of the molecule is C=CCO[C@@]12Oc3ccc(Oc4ccc(SC)cc4)cc3[C@H]3[C@H](CCCCO)[C@@H](CCCCO)C=C(C(=NOCc4ccccc4)C[C@@H]1N(CCC)C(=O)c1ccc4c(c1)OCO4)[C@H]32. The second-order valence-corrected chi connectivity index (χ2v) is 17.8. The van der Waals surface area contributed by atoms with E-state index in [4.69, 9.17) is 33.7 Å². The number of ether oxygens (including phenoxy) is 5. The van der Waals surface area contributed by atoms with Gasteiger partial charge in [-0.1, -0.05) is 67.4 Å². The van der Waals surface area contributed by atoms with Crippen molar-refractivity contribution in [3.05, 3.63) is 132 Å². The Morgan fingerprint density at radius 1 is 0.922 bits per heavy atom. The van der Waals surface area contributed by atoms with E-state index in [1.54, 1.807) is 36.0 Å². The summed E-state index contributed by atoms with van der Waals surface area (Å²) in [6, 6.07) is 28.7. The van der Waals surface area contributed by atoms with Crippen LogP contribution < -0.4 is 18.9 Å². The first kappa shape index (κ1) is 45.3. The van der Waals surface area contributed by atoms with Gasteiger partial charge in [-0.2, -0.15) is 0 Å². The number of thioether (sulfide) groups is 1. The van der Waals surface area contributed by atoms with Crippen LogP contribution in [0.2, 0.25) is 0 Å². The van der Waals surface area contributed by atoms with E-state index in [-0.39, 0.29) is 56.9 Å². The van der Waals surface area contributed by atoms with Gasteiger partial charge in [0.1, 0.15) is 29.9 Å². The molecule has 8 rings (SSSR count). The summed E-state index contributed by atoms with van der Waals surface area (Å²) in [6.45, 7) is 7.30. The zero-order valence-electron chi connectivity index (χ0n) is 36.9. The molecule has 338 valence electrons. The van der Waals surface area contributed by atoms with E-state index in [0.717, 1.165) is 58.7 Å². The van der Waals surface area contributed by atoms with Gasteiger partial charge >= 0.3 is 0 Å². The quantitative estimate of drug-likeness (QED) is 0.0361. The number of aliphatic hydroxyl groups excluding tert-OH is 2. The molecule has 0 unspecified atom stereocenters. The van der Waals surface area contributed by atoms with E-state index < -0.39 is 17.7 Å². The van der Waals surface area contributed by atoms with Gasteiger partial charge in [0.05, 0.1) is 18.2 Å². The van der Waals surface area contributed by atoms with E-state index in [1.165, 1.54) is 0 Å². The molecule has 0 saturated heterocycles. The summed E-state index contributed by atoms with van der Waals surface area (Å²) < 4.78 is 32.5. The molecule has 2 heterocycles. The fraction of sp³-hybridized carbons (Fsp3) is 0.423. The predicted octanol–water partition coefficient (Wildman–Crippen LogP) is 10.3. The lowest BCUT2D eigenvalue weighted by Gasteiger charge is -2.60. The first-order valence-electron chi connectivity index (χ1n) is 22.7. The molecular formula is C52H60N2O9S. The van der Waals surface area contributed by atoms with Crippen LogP contribution in [0.3, 0.4) is 0 Å². The minimum Gasteiger partial charge on any atom is -0.459 e. The van der Waals surface area contributed by atoms with Crippen LogP contribution in [-0.4, -0.2) is 78.0 Å². The van der Waals surface area contributed by atoms with Gasteiger partial charge < -0.3 is 43.6 Å². The molecule has 4 aromatic carbocycles. The largest absolute Gasteiger partial charge is 0.459 e. The Kier molecular flexibility index (Phi) is 15.0. The Balaban J connectivity index is 1.32. The van der Waals surface area contributed by atoms with Gasteiger partial charge in [-0.05, 0) is 122 Å². The lowest BCUT2D eigenvalue weighted by Crippen LogP contribution is -2.70. The second-order valence-electron chi connectivity index (χ2n) is 16.9. The van der Waals surface area contributed by atoms with Gasteiger partial charge in [-0.3, -0.25) is 4.79 Å². The van der Waals surface area contributed by atoms with Crippen molar-refractivity contribution in [1.82, 2.24) is 4.90 Å². The van der Waals surface area contributed by atoms with Gasteiger partial charge in [-0.25, -0.2) is 0 Å². The Morgan fingerprint density at radius 2 is 1.67 bits per heavy atom. The number of nitrogens with zero attached hydrogens (tertiary/aromatic N) is 2. The first-order chi connectivity index (χ1) is 31.4. The zero-order valence-corrected chi connectivity index (χ0v) is 37.7. The smallest absolute Gasteiger partial charge is 0.254 e. The summed E-state index contributed by atoms with van der Waals surface area (Å²) in [5.41, 5.74) is 4.15. The number of benzene rings is 4. The summed E-state index contributed by atoms with van der Waals surface area (Å²) in [6.07, 6.45) is 11.8. The number of aliphatic hydroxyl groups is 2. The van der Waals surface area contributed by atoms with Gasteiger partial charge in [0.2, 0.25) is 12.6 Å². The molecule has 11 nitrogen and oxygen atoms in total. The number of unbranched alkanes of at least 4 members (excludes halogenated alkanes) is 2. The molecule has 6 atom stereocenters. The molecule has 0 spiro atoms. The van der Waals surface area contributed by atoms with E-state index in [1.807, 2.05) is 59.5 Å². The molecule has 2 N–H and O–H groups in total. The third-order valence-electron chi connectivity index (χ3n) is 12.9. The molecule has 1 amide bonds. The van der Waals surface area contributed by atoms with Gasteiger partial charge in [0.25, 0.3) is 5.91 Å². The highest BCUT2D eigenvalue weighted by Gasteiger charge is 2.65. The number of hydrogen-bond acceptors (Lipinski definition) is 11. The van der Waals surface area contributed by atoms with Crippen molar-refractivity contribution in [2.45, 2.75) is 87.5 Å². The van der Waals surface area contributed by atoms with E-state index in [9.17, 15) is 10.2 Å². The Bertz CT molecular complexity index is 2280. The summed E-state index contributed by atoms with van der Waals surface area (Å²) in [5.74, 6) is 1.12. The van der Waals surface area contributed by atoms with E-state index >= 15 is 4.79 Å². The third-order valence-corrected chi connectivity index (χ3v) is 13.7. The Hall–Kier alpha value is -5.27. The van der Waals surface area contributed by atoms with Crippen LogP contribution in [0, 0.1) is 17.8 Å². The molecule has 2 aliphatic heterocycles. The highest BCUT2D eigenvalue weighted by molar-refractivity contribution is 7.98. The molecule has 0 bridgehead atoms. The topological polar surface area (TPSA) is 129 Å². The number of hydrogen-bond donors (Lipinski definition) is 2. The maximum absolute atomic E-state index is 15.2. The monoisotopic (exact) mass is 888 g/mol. The Morgan fingerprint density at radius 3 is 2.42 bits per heavy atom. The molecule has 64 heavy (non-hydrogen) atoms. The standard InChI is InChI=1S/C52H60N2O9S/c1-4-25-54(51(57)37-17-23-46-47(30-37)59-34-58-46)48-32-44(53-61-33-35-13-7-6-8-14-35)42-29-36(15-9-11-26-55)41(16-10-12-27-56)49-43-31-39(62-38-18-21-40(64-3)22-19-38)20-24-45(43)63-52(48,50(42)49)60-28-5-2/h5-8,13-14,17-24,29-31,36,41,48-50,55-56H,2,4,9-12,15-16,25-28,32-34H2,1,3H3/t36-,41+,48-,49+,50+,52+/m0/s1. The fourth-order valence-electron chi connectivity index (χ4n) is 10.1. The highest BCUT2D eigenvalue weighted by atomic mass is 32.2. The van der Waals surface area contributed by atoms with Crippen molar-refractivity contribution in [3.63, 3.8) is 0 Å². The summed E-state index contributed by atoms with van der Waals surface area (Å²) in [5, 5.41) is 25.0. The second kappa shape index (κ2) is 21.1. The lowest BCUT2D eigenvalue weighted by molar-refractivity contribution is -0.254. The molecule has 2 aliphatic carbocycles. The van der Waals surface area contributed by atoms with Crippen molar-refractivity contribution in [1.29, 1.82) is 0 Å². The minimum absolute atomic E-state index is 0.0684. The van der Waals surface area contributed by atoms with Crippen molar-refractivity contribution in [2.75, 3.05) is 39.4 Å². The van der Waals surface area contributed by atoms with Gasteiger partial charge in [0.15, 0.2) is 11.5 Å². The molecule has 4 aromatic rings. The molecule has 0 radical (unpaired) electrons. The van der Waals surface area contributed by atoms with Crippen LogP contribution in [-0.2, 0) is 16.2 Å². The van der Waals surface area contributed by atoms with Crippen LogP contribution in [0.15, 0.2) is 125 Å². The van der Waals surface area contributed by atoms with Gasteiger partial charge in [0, 0.05) is 48.1 Å². The fourth-order valence-corrected chi connectivity index (χ4v) is 10.5. The molecular weight excluding hydrogens is 829 g/mol. The molecule has 1 saturated carbocycles. The number of allylic oxidation sites excluding steroid dienone is 1. The maximum Gasteiger partial charge on any atom is 0.254 e. The molecule has 12 heteroatoms. The Labute approximate surface area is 381 Å². The first-order valence-corrected chi connectivity index (χ1v) is 23.9. The predicted molar refractivity (Wildman–Crippen MR) is 248 cm³/mol. The number of carbonyl (C=O) groups is 1. The zero-order chi connectivity index (χ0) is 44.5. The summed E-state index contributed by atoms with van der Waals surface area (Å²) >= 11 is 1.68. The lowest BCUT2D eigenvalue weighted by atomic mass is 9.55. The van der Waals surface area contributed by atoms with Crippen molar-refractivity contribution in [3.8, 4) is 28.7 Å². The van der Waals surface area contributed by atoms with Crippen LogP contribution in [0.5, 0.6) is 28.7 Å². The average molecular weight is 889 g/mol. The molecule has 1 fully saturated rings. The van der Waals surface area contributed by atoms with Crippen LogP contribution in [0.1, 0.15) is 85.7 Å². The highest BCUT2D eigenvalue weighted by Crippen LogP contribution is 2.62. The third kappa shape index (κ3) is 9.56. The van der Waals surface area contributed by atoms with Crippen molar-refractivity contribution < 1.29 is 43.5 Å². The van der Waals surface area contributed by atoms with Crippen LogP contribution >= 0.6 is 11.8 Å². The van der Waals surface area contributed by atoms with Crippen molar-refractivity contribution in [2.24, 2.45) is 22.9 Å². The number of fused-ring (bicyclic) bond motifs is 3. The normalized spacial score (nSPS) is 23.3. The van der Waals surface area contributed by atoms with Crippen LogP contribution in [0.25, 0.3) is 0 Å². The minimum atomic E-state index is -1.39. The van der Waals surface area contributed by atoms with Crippen LogP contribution in [0.4, 0.5) is 0 Å². The van der Waals surface area contributed by atoms with Gasteiger partial charge in [-0.15, -0.1) is 18.3 Å². The summed E-state index contributed by atoms with van der Waals surface area (Å²) in [7, 11) is 0. The summed E-state index contributed by atoms with van der Waals surface area (Å²) in [4.78, 5) is 24.5. The number of rotatable bonds is 21. The molecule has 4 aliphatic rings.